The van der Waals surface area contributed by atoms with Crippen molar-refractivity contribution in [3.63, 3.8) is 0 Å². The monoisotopic (exact) mass is 394 g/mol. The van der Waals surface area contributed by atoms with E-state index in [1.165, 1.54) is 0 Å². The predicted octanol–water partition coefficient (Wildman–Crippen LogP) is 3.78. The molecule has 0 saturated carbocycles. The average Bonchev–Trinajstić information content (AvgIpc) is 2.66. The molecule has 1 unspecified atom stereocenters. The van der Waals surface area contributed by atoms with Crippen LogP contribution in [-0.2, 0) is 16.1 Å². The fourth-order valence-corrected chi connectivity index (χ4v) is 2.94. The Morgan fingerprint density at radius 3 is 2.77 bits per heavy atom. The van der Waals surface area contributed by atoms with Gasteiger partial charge < -0.3 is 20.1 Å². The molecule has 1 amide bonds. The first-order valence-electron chi connectivity index (χ1n) is 8.40. The lowest BCUT2D eigenvalue weighted by atomic mass is 10.1. The van der Waals surface area contributed by atoms with Crippen molar-refractivity contribution in [2.45, 2.75) is 19.0 Å². The second kappa shape index (κ2) is 9.24. The first kappa shape index (κ1) is 19.0. The van der Waals surface area contributed by atoms with Crippen molar-refractivity contribution in [1.82, 2.24) is 10.6 Å². The van der Waals surface area contributed by atoms with Gasteiger partial charge >= 0.3 is 0 Å². The molecule has 1 aliphatic heterocycles. The van der Waals surface area contributed by atoms with Crippen LogP contribution in [0.3, 0.4) is 0 Å². The van der Waals surface area contributed by atoms with Gasteiger partial charge in [-0.05, 0) is 29.8 Å². The van der Waals surface area contributed by atoms with Gasteiger partial charge in [0.05, 0.1) is 18.2 Å². The van der Waals surface area contributed by atoms with Crippen LogP contribution in [0.4, 0.5) is 0 Å². The number of carbonyl (C=O) groups is 1. The Labute approximate surface area is 162 Å². The molecule has 1 atom stereocenters. The summed E-state index contributed by atoms with van der Waals surface area (Å²) in [6.45, 7) is 2.53. The number of rotatable bonds is 6. The van der Waals surface area contributed by atoms with E-state index in [0.717, 1.165) is 12.1 Å². The van der Waals surface area contributed by atoms with Crippen molar-refractivity contribution in [3.05, 3.63) is 58.1 Å². The molecule has 2 N–H and O–H groups in total. The zero-order valence-corrected chi connectivity index (χ0v) is 15.6. The fraction of sp³-hybridized carbons (Fsp3) is 0.316. The summed E-state index contributed by atoms with van der Waals surface area (Å²) in [6.07, 6.45) is 0.411. The van der Waals surface area contributed by atoms with E-state index in [1.807, 2.05) is 24.3 Å². The number of hydrogen-bond acceptors (Lipinski definition) is 4. The minimum absolute atomic E-state index is 0.000893. The molecule has 0 bridgehead atoms. The summed E-state index contributed by atoms with van der Waals surface area (Å²) in [5.41, 5.74) is 0.982. The predicted molar refractivity (Wildman–Crippen MR) is 102 cm³/mol. The van der Waals surface area contributed by atoms with Gasteiger partial charge in [0.15, 0.2) is 0 Å². The van der Waals surface area contributed by atoms with Crippen LogP contribution in [-0.4, -0.2) is 31.7 Å². The number of nitrogens with one attached hydrogen (secondary N) is 2. The number of ether oxygens (including phenoxy) is 2. The summed E-state index contributed by atoms with van der Waals surface area (Å²) in [5, 5.41) is 7.01. The molecule has 0 aromatic heterocycles. The van der Waals surface area contributed by atoms with Crippen LogP contribution in [0.15, 0.2) is 42.5 Å². The number of hydrogen-bond donors (Lipinski definition) is 2. The maximum absolute atomic E-state index is 12.0. The van der Waals surface area contributed by atoms with Crippen molar-refractivity contribution in [3.8, 4) is 11.5 Å². The van der Waals surface area contributed by atoms with E-state index in [0.29, 0.717) is 47.7 Å². The summed E-state index contributed by atoms with van der Waals surface area (Å²) < 4.78 is 11.1. The minimum Gasteiger partial charge on any atom is -0.456 e. The van der Waals surface area contributed by atoms with E-state index in [9.17, 15) is 4.79 Å². The van der Waals surface area contributed by atoms with Crippen LogP contribution >= 0.6 is 23.2 Å². The Kier molecular flexibility index (Phi) is 6.74. The standard InChI is InChI=1S/C19H20Cl2N2O3/c20-16-2-1-3-17(19(16)21)26-15-6-4-13(5-7-15)11-23-18(24)10-14-12-25-9-8-22-14/h1-7,14,22H,8-12H2,(H,23,24). The van der Waals surface area contributed by atoms with Gasteiger partial charge in [-0.3, -0.25) is 4.79 Å². The third-order valence-corrected chi connectivity index (χ3v) is 4.79. The Bertz CT molecular complexity index is 747. The van der Waals surface area contributed by atoms with Gasteiger partial charge in [0.25, 0.3) is 0 Å². The SMILES string of the molecule is O=C(CC1COCCN1)NCc1ccc(Oc2cccc(Cl)c2Cl)cc1. The highest BCUT2D eigenvalue weighted by Crippen LogP contribution is 2.34. The van der Waals surface area contributed by atoms with Crippen LogP contribution in [0.25, 0.3) is 0 Å². The maximum Gasteiger partial charge on any atom is 0.221 e. The molecule has 2 aromatic carbocycles. The zero-order chi connectivity index (χ0) is 18.4. The number of carbonyl (C=O) groups excluding carboxylic acids is 1. The van der Waals surface area contributed by atoms with Gasteiger partial charge in [0, 0.05) is 25.6 Å². The second-order valence-electron chi connectivity index (χ2n) is 6.00. The lowest BCUT2D eigenvalue weighted by Gasteiger charge is -2.23. The maximum atomic E-state index is 12.0. The fourth-order valence-electron chi connectivity index (χ4n) is 2.61. The van der Waals surface area contributed by atoms with Crippen LogP contribution < -0.4 is 15.4 Å². The Balaban J connectivity index is 1.49. The summed E-state index contributed by atoms with van der Waals surface area (Å²) >= 11 is 12.1. The molecular weight excluding hydrogens is 375 g/mol. The van der Waals surface area contributed by atoms with Crippen molar-refractivity contribution in [1.29, 1.82) is 0 Å². The smallest absolute Gasteiger partial charge is 0.221 e. The number of benzene rings is 2. The average molecular weight is 395 g/mol. The molecule has 2 aromatic rings. The highest BCUT2D eigenvalue weighted by molar-refractivity contribution is 6.42. The van der Waals surface area contributed by atoms with Gasteiger partial charge in [-0.15, -0.1) is 0 Å². The van der Waals surface area contributed by atoms with E-state index in [2.05, 4.69) is 10.6 Å². The zero-order valence-electron chi connectivity index (χ0n) is 14.1. The number of morpholine rings is 1. The molecule has 138 valence electrons. The van der Waals surface area contributed by atoms with Crippen molar-refractivity contribution >= 4 is 29.1 Å². The van der Waals surface area contributed by atoms with Crippen LogP contribution in [0.1, 0.15) is 12.0 Å². The first-order chi connectivity index (χ1) is 12.6. The summed E-state index contributed by atoms with van der Waals surface area (Å²) in [7, 11) is 0. The lowest BCUT2D eigenvalue weighted by molar-refractivity contribution is -0.122. The molecule has 5 nitrogen and oxygen atoms in total. The van der Waals surface area contributed by atoms with E-state index in [4.69, 9.17) is 32.7 Å². The summed E-state index contributed by atoms with van der Waals surface area (Å²) in [6, 6.07) is 12.8. The Morgan fingerprint density at radius 1 is 1.23 bits per heavy atom. The van der Waals surface area contributed by atoms with Crippen LogP contribution in [0.5, 0.6) is 11.5 Å². The first-order valence-corrected chi connectivity index (χ1v) is 9.16. The Hall–Kier alpha value is -1.79. The normalized spacial score (nSPS) is 16.9. The van der Waals surface area contributed by atoms with Crippen molar-refractivity contribution in [2.24, 2.45) is 0 Å². The third-order valence-electron chi connectivity index (χ3n) is 3.99. The quantitative estimate of drug-likeness (QED) is 0.782. The summed E-state index contributed by atoms with van der Waals surface area (Å²) in [5.74, 6) is 1.15. The third kappa shape index (κ3) is 5.35. The van der Waals surface area contributed by atoms with Crippen LogP contribution in [0, 0.1) is 0 Å². The van der Waals surface area contributed by atoms with Gasteiger partial charge in [-0.1, -0.05) is 41.4 Å². The van der Waals surface area contributed by atoms with Crippen LogP contribution in [0.2, 0.25) is 10.0 Å². The molecule has 0 spiro atoms. The largest absolute Gasteiger partial charge is 0.456 e. The highest BCUT2D eigenvalue weighted by atomic mass is 35.5. The van der Waals surface area contributed by atoms with Gasteiger partial charge in [-0.25, -0.2) is 0 Å². The van der Waals surface area contributed by atoms with Crippen molar-refractivity contribution < 1.29 is 14.3 Å². The number of halogens is 2. The molecule has 1 heterocycles. The second-order valence-corrected chi connectivity index (χ2v) is 6.79. The lowest BCUT2D eigenvalue weighted by Crippen LogP contribution is -2.44. The molecule has 1 fully saturated rings. The molecule has 1 aliphatic rings. The minimum atomic E-state index is -0.000893. The van der Waals surface area contributed by atoms with Gasteiger partial charge in [0.1, 0.15) is 16.5 Å². The highest BCUT2D eigenvalue weighted by Gasteiger charge is 2.16. The van der Waals surface area contributed by atoms with E-state index < -0.39 is 0 Å². The molecule has 7 heteroatoms. The van der Waals surface area contributed by atoms with E-state index >= 15 is 0 Å². The van der Waals surface area contributed by atoms with Gasteiger partial charge in [-0.2, -0.15) is 0 Å². The molecule has 3 rings (SSSR count). The van der Waals surface area contributed by atoms with Crippen molar-refractivity contribution in [2.75, 3.05) is 19.8 Å². The molecular formula is C19H20Cl2N2O3. The number of amides is 1. The summed E-state index contributed by atoms with van der Waals surface area (Å²) in [4.78, 5) is 12.0. The molecule has 0 aliphatic carbocycles. The molecule has 1 saturated heterocycles. The van der Waals surface area contributed by atoms with Gasteiger partial charge in [0.2, 0.25) is 5.91 Å². The van der Waals surface area contributed by atoms with E-state index in [1.54, 1.807) is 18.2 Å². The molecule has 26 heavy (non-hydrogen) atoms. The molecule has 0 radical (unpaired) electrons. The Morgan fingerprint density at radius 2 is 2.04 bits per heavy atom. The van der Waals surface area contributed by atoms with E-state index in [-0.39, 0.29) is 11.9 Å². The topological polar surface area (TPSA) is 59.6 Å².